The highest BCUT2D eigenvalue weighted by molar-refractivity contribution is 5.80. The van der Waals surface area contributed by atoms with Crippen molar-refractivity contribution in [2.75, 3.05) is 25.0 Å². The Kier molecular flexibility index (Phi) is 12.0. The fourth-order valence-corrected chi connectivity index (χ4v) is 2.79. The number of carbonyl (C=O) groups excluding carboxylic acids is 1. The van der Waals surface area contributed by atoms with Gasteiger partial charge < -0.3 is 21.5 Å². The molecule has 0 atom stereocenters. The number of hydrogen-bond donors (Lipinski definition) is 6. The summed E-state index contributed by atoms with van der Waals surface area (Å²) in [5, 5.41) is 28.1. The molecule has 0 aliphatic heterocycles. The quantitative estimate of drug-likeness (QED) is 0.0829. The first-order chi connectivity index (χ1) is 18.1. The van der Waals surface area contributed by atoms with Gasteiger partial charge in [-0.1, -0.05) is 6.07 Å². The monoisotopic (exact) mass is 563 g/mol. The van der Waals surface area contributed by atoms with Crippen molar-refractivity contribution >= 4 is 23.5 Å². The van der Waals surface area contributed by atoms with Crippen LogP contribution in [0.3, 0.4) is 0 Å². The van der Waals surface area contributed by atoms with E-state index < -0.39 is 54.4 Å². The van der Waals surface area contributed by atoms with Gasteiger partial charge in [0.25, 0.3) is 0 Å². The Morgan fingerprint density at radius 3 is 2.41 bits per heavy atom. The van der Waals surface area contributed by atoms with E-state index in [0.29, 0.717) is 5.56 Å². The molecule has 0 bridgehead atoms. The second-order valence-electron chi connectivity index (χ2n) is 7.49. The molecule has 17 heteroatoms. The molecule has 0 fully saturated rings. The lowest BCUT2D eigenvalue weighted by Crippen LogP contribution is -2.35. The number of nitriles is 1. The summed E-state index contributed by atoms with van der Waals surface area (Å²) < 4.78 is 75.8. The van der Waals surface area contributed by atoms with E-state index in [0.717, 1.165) is 6.07 Å². The second-order valence-corrected chi connectivity index (χ2v) is 7.49. The number of aromatic nitrogens is 1. The molecular weight excluding hydrogens is 540 g/mol. The van der Waals surface area contributed by atoms with Crippen molar-refractivity contribution in [1.82, 2.24) is 15.8 Å². The summed E-state index contributed by atoms with van der Waals surface area (Å²) in [6, 6.07) is 7.23. The van der Waals surface area contributed by atoms with E-state index in [1.807, 2.05) is 0 Å². The Labute approximate surface area is 217 Å². The summed E-state index contributed by atoms with van der Waals surface area (Å²) in [6.07, 6.45) is -4.32. The van der Waals surface area contributed by atoms with Crippen LogP contribution in [0.4, 0.5) is 32.0 Å². The zero-order chi connectivity index (χ0) is 29.8. The van der Waals surface area contributed by atoms with Gasteiger partial charge in [-0.15, -0.1) is 0 Å². The molecule has 0 spiro atoms. The van der Waals surface area contributed by atoms with E-state index >= 15 is 0 Å². The van der Waals surface area contributed by atoms with Crippen LogP contribution in [-0.2, 0) is 26.8 Å². The molecule has 0 saturated heterocycles. The number of aryl methyl sites for hydroxylation is 1. The Hall–Kier alpha value is -4.59. The predicted octanol–water partition coefficient (Wildman–Crippen LogP) is 2.31. The summed E-state index contributed by atoms with van der Waals surface area (Å²) in [5.74, 6) is -8.13. The molecule has 0 radical (unpaired) electrons. The third kappa shape index (κ3) is 10.7. The molecule has 39 heavy (non-hydrogen) atoms. The number of halogens is 6. The van der Waals surface area contributed by atoms with Gasteiger partial charge in [0.2, 0.25) is 11.9 Å². The lowest BCUT2D eigenvalue weighted by Gasteiger charge is -2.20. The zero-order valence-electron chi connectivity index (χ0n) is 20.1. The maximum Gasteiger partial charge on any atom is 0.490 e. The lowest BCUT2D eigenvalue weighted by molar-refractivity contribution is -0.192. The third-order valence-corrected chi connectivity index (χ3v) is 4.51. The Balaban J connectivity index is 0.000000956. The molecule has 1 amide bonds. The number of carbonyl (C=O) groups is 2. The number of amides is 1. The van der Waals surface area contributed by atoms with E-state index in [4.69, 9.17) is 25.9 Å². The molecule has 7 N–H and O–H groups in total. The molecule has 0 aliphatic rings. The number of carboxylic acids is 1. The van der Waals surface area contributed by atoms with Crippen LogP contribution in [0.25, 0.3) is 0 Å². The van der Waals surface area contributed by atoms with E-state index in [1.165, 1.54) is 31.3 Å². The normalized spacial score (nSPS) is 10.9. The van der Waals surface area contributed by atoms with Gasteiger partial charge in [-0.2, -0.15) is 27.2 Å². The van der Waals surface area contributed by atoms with Gasteiger partial charge in [0.1, 0.15) is 5.69 Å². The number of anilines is 1. The highest BCUT2D eigenvalue weighted by atomic mass is 19.4. The zero-order valence-corrected chi connectivity index (χ0v) is 20.1. The average molecular weight is 563 g/mol. The maximum absolute atomic E-state index is 14.9. The van der Waals surface area contributed by atoms with Crippen LogP contribution in [0.2, 0.25) is 0 Å². The molecule has 0 saturated carbocycles. The van der Waals surface area contributed by atoms with Crippen molar-refractivity contribution in [1.29, 1.82) is 10.7 Å². The van der Waals surface area contributed by atoms with Gasteiger partial charge in [0.15, 0.2) is 5.82 Å². The average Bonchev–Trinajstić information content (AvgIpc) is 2.84. The number of nitrogens with zero attached hydrogens (tertiary/aromatic N) is 2. The van der Waals surface area contributed by atoms with Crippen molar-refractivity contribution < 1.29 is 45.9 Å². The van der Waals surface area contributed by atoms with Crippen molar-refractivity contribution in [3.05, 3.63) is 58.7 Å². The Morgan fingerprint density at radius 1 is 1.23 bits per heavy atom. The first-order valence-electron chi connectivity index (χ1n) is 10.6. The third-order valence-electron chi connectivity index (χ3n) is 4.51. The molecule has 2 aromatic rings. The minimum atomic E-state index is -5.08. The van der Waals surface area contributed by atoms with Gasteiger partial charge in [-0.05, 0) is 30.7 Å². The molecule has 1 aromatic carbocycles. The number of nitrogens with one attached hydrogen (secondary N) is 4. The van der Waals surface area contributed by atoms with Crippen molar-refractivity contribution in [3.63, 3.8) is 0 Å². The van der Waals surface area contributed by atoms with Crippen molar-refractivity contribution in [2.24, 2.45) is 5.73 Å². The van der Waals surface area contributed by atoms with Crippen LogP contribution in [0.15, 0.2) is 30.5 Å². The van der Waals surface area contributed by atoms with Crippen LogP contribution < -0.4 is 21.8 Å². The van der Waals surface area contributed by atoms with Gasteiger partial charge in [0.05, 0.1) is 36.9 Å². The fraction of sp³-hybridized carbons (Fsp3) is 0.318. The number of benzene rings is 1. The number of pyridine rings is 1. The second kappa shape index (κ2) is 14.4. The predicted molar refractivity (Wildman–Crippen MR) is 124 cm³/mol. The summed E-state index contributed by atoms with van der Waals surface area (Å²) >= 11 is 0. The Bertz CT molecular complexity index is 1220. The number of aliphatic carboxylic acids is 1. The fourth-order valence-electron chi connectivity index (χ4n) is 2.79. The van der Waals surface area contributed by atoms with E-state index in [9.17, 15) is 36.4 Å². The maximum atomic E-state index is 14.9. The minimum absolute atomic E-state index is 0.0240. The molecule has 212 valence electrons. The van der Waals surface area contributed by atoms with Crippen molar-refractivity contribution in [3.8, 4) is 6.07 Å². The number of carboxylic acid groups (broad SMARTS) is 1. The smallest absolute Gasteiger partial charge is 0.475 e. The SMILES string of the molecule is Cc1cccnc1C(F)(F)CNc1ccc(C#N)c(CC(=O)NCCONC(=N)N)c1F.O=C(O)C(F)(F)F. The summed E-state index contributed by atoms with van der Waals surface area (Å²) in [7, 11) is 0. The van der Waals surface area contributed by atoms with Gasteiger partial charge >= 0.3 is 18.1 Å². The number of rotatable bonds is 10. The molecule has 2 rings (SSSR count). The largest absolute Gasteiger partial charge is 0.490 e. The van der Waals surface area contributed by atoms with Gasteiger partial charge in [-0.3, -0.25) is 20.0 Å². The van der Waals surface area contributed by atoms with Gasteiger partial charge in [0, 0.05) is 18.3 Å². The van der Waals surface area contributed by atoms with E-state index in [-0.39, 0.29) is 30.0 Å². The first kappa shape index (κ1) is 32.4. The molecule has 1 heterocycles. The number of alkyl halides is 5. The number of guanidine groups is 1. The Morgan fingerprint density at radius 2 is 1.87 bits per heavy atom. The lowest BCUT2D eigenvalue weighted by atomic mass is 10.0. The van der Waals surface area contributed by atoms with Crippen LogP contribution >= 0.6 is 0 Å². The first-order valence-corrected chi connectivity index (χ1v) is 10.6. The summed E-state index contributed by atoms with van der Waals surface area (Å²) in [6.45, 7) is 0.564. The topological polar surface area (TPSA) is 186 Å². The molecule has 0 unspecified atom stereocenters. The number of nitrogens with two attached hydrogens (primary N) is 1. The van der Waals surface area contributed by atoms with Crippen LogP contribution in [0.1, 0.15) is 22.4 Å². The van der Waals surface area contributed by atoms with Crippen molar-refractivity contribution in [2.45, 2.75) is 25.4 Å². The summed E-state index contributed by atoms with van der Waals surface area (Å²) in [4.78, 5) is 29.5. The molecule has 0 aliphatic carbocycles. The molecular formula is C22H23F6N7O4. The highest BCUT2D eigenvalue weighted by Gasteiger charge is 2.38. The van der Waals surface area contributed by atoms with E-state index in [2.05, 4.69) is 21.1 Å². The van der Waals surface area contributed by atoms with Crippen LogP contribution in [0, 0.1) is 29.5 Å². The summed E-state index contributed by atoms with van der Waals surface area (Å²) in [5.41, 5.74) is 6.37. The number of hydrogen-bond acceptors (Lipinski definition) is 7. The van der Waals surface area contributed by atoms with E-state index in [1.54, 1.807) is 6.07 Å². The molecule has 1 aromatic heterocycles. The minimum Gasteiger partial charge on any atom is -0.475 e. The van der Waals surface area contributed by atoms with Crippen LogP contribution in [0.5, 0.6) is 0 Å². The number of hydroxylamine groups is 1. The van der Waals surface area contributed by atoms with Crippen LogP contribution in [-0.4, -0.2) is 53.8 Å². The molecule has 11 nitrogen and oxygen atoms in total. The van der Waals surface area contributed by atoms with Gasteiger partial charge in [-0.25, -0.2) is 14.7 Å². The highest BCUT2D eigenvalue weighted by Crippen LogP contribution is 2.30. The standard InChI is InChI=1S/C20H22F3N7O2.C2HF3O2/c1-12-3-2-6-28-18(12)20(22,23)11-29-15-5-4-13(10-24)14(17(15)21)9-16(31)27-7-8-32-30-19(25)26;3-2(4,5)1(6)7/h2-6,29H,7-9,11H2,1H3,(H,27,31)(H4,25,26,30);(H,6,7).